The number of piperidine rings is 1. The first-order valence-corrected chi connectivity index (χ1v) is 7.60. The van der Waals surface area contributed by atoms with E-state index in [1.807, 2.05) is 27.0 Å². The van der Waals surface area contributed by atoms with Gasteiger partial charge in [-0.25, -0.2) is 9.97 Å². The number of rotatable bonds is 6. The molecule has 20 heavy (non-hydrogen) atoms. The number of nitrogens with zero attached hydrogens (tertiary/aromatic N) is 3. The van der Waals surface area contributed by atoms with Gasteiger partial charge in [0.05, 0.1) is 6.10 Å². The first kappa shape index (κ1) is 15.0. The number of anilines is 1. The fourth-order valence-corrected chi connectivity index (χ4v) is 2.71. The molecule has 0 bridgehead atoms. The molecule has 0 saturated carbocycles. The average molecular weight is 278 g/mol. The van der Waals surface area contributed by atoms with Crippen LogP contribution in [0, 0.1) is 0 Å². The molecule has 1 atom stereocenters. The molecule has 0 spiro atoms. The monoisotopic (exact) mass is 278 g/mol. The third kappa shape index (κ3) is 4.07. The summed E-state index contributed by atoms with van der Waals surface area (Å²) in [6.45, 7) is 6.14. The predicted molar refractivity (Wildman–Crippen MR) is 81.3 cm³/mol. The van der Waals surface area contributed by atoms with Crippen LogP contribution in [0.3, 0.4) is 0 Å². The summed E-state index contributed by atoms with van der Waals surface area (Å²) in [6, 6.07) is 2.54. The van der Waals surface area contributed by atoms with E-state index in [9.17, 15) is 0 Å². The van der Waals surface area contributed by atoms with Crippen LogP contribution in [0.2, 0.25) is 0 Å². The number of ether oxygens (including phenoxy) is 1. The molecule has 1 N–H and O–H groups in total. The van der Waals surface area contributed by atoms with E-state index in [-0.39, 0.29) is 6.10 Å². The molecular formula is C15H26N4O. The highest BCUT2D eigenvalue weighted by molar-refractivity contribution is 5.42. The molecule has 1 saturated heterocycles. The maximum atomic E-state index is 5.67. The van der Waals surface area contributed by atoms with Crippen LogP contribution >= 0.6 is 0 Å². The van der Waals surface area contributed by atoms with Crippen LogP contribution in [-0.4, -0.2) is 42.3 Å². The smallest absolute Gasteiger partial charge is 0.218 e. The molecule has 1 aromatic rings. The molecule has 112 valence electrons. The van der Waals surface area contributed by atoms with Crippen LogP contribution in [0.5, 0.6) is 5.88 Å². The van der Waals surface area contributed by atoms with Gasteiger partial charge in [0.1, 0.15) is 12.1 Å². The molecule has 1 aromatic heterocycles. The van der Waals surface area contributed by atoms with E-state index < -0.39 is 0 Å². The summed E-state index contributed by atoms with van der Waals surface area (Å²) in [6.07, 6.45) is 6.69. The Labute approximate surface area is 121 Å². The molecule has 1 unspecified atom stereocenters. The number of hydrogen-bond acceptors (Lipinski definition) is 5. The highest BCUT2D eigenvalue weighted by atomic mass is 16.5. The summed E-state index contributed by atoms with van der Waals surface area (Å²) >= 11 is 0. The lowest BCUT2D eigenvalue weighted by molar-refractivity contribution is 0.232. The largest absolute Gasteiger partial charge is 0.475 e. The van der Waals surface area contributed by atoms with Gasteiger partial charge in [0.15, 0.2) is 0 Å². The molecule has 2 rings (SSSR count). The lowest BCUT2D eigenvalue weighted by atomic mass is 9.99. The van der Waals surface area contributed by atoms with Gasteiger partial charge >= 0.3 is 0 Å². The summed E-state index contributed by atoms with van der Waals surface area (Å²) in [4.78, 5) is 11.0. The fraction of sp³-hybridized carbons (Fsp3) is 0.733. The van der Waals surface area contributed by atoms with E-state index in [0.29, 0.717) is 11.9 Å². The molecule has 0 amide bonds. The van der Waals surface area contributed by atoms with Crippen LogP contribution in [0.25, 0.3) is 0 Å². The second-order valence-corrected chi connectivity index (χ2v) is 5.62. The summed E-state index contributed by atoms with van der Waals surface area (Å²) in [5.41, 5.74) is 0. The van der Waals surface area contributed by atoms with Crippen LogP contribution in [0.15, 0.2) is 12.4 Å². The third-order valence-electron chi connectivity index (χ3n) is 3.63. The standard InChI is InChI=1S/C15H26N4O/c1-12(2)20-15-10-14(17-11-18-15)19-9-5-4-6-13(19)7-8-16-3/h10-13,16H,4-9H2,1-3H3. The van der Waals surface area contributed by atoms with Crippen molar-refractivity contribution in [3.05, 3.63) is 12.4 Å². The molecule has 1 aliphatic rings. The second-order valence-electron chi connectivity index (χ2n) is 5.62. The van der Waals surface area contributed by atoms with Gasteiger partial charge in [-0.3, -0.25) is 0 Å². The molecular weight excluding hydrogens is 252 g/mol. The zero-order chi connectivity index (χ0) is 14.4. The molecule has 5 heteroatoms. The van der Waals surface area contributed by atoms with Crippen molar-refractivity contribution in [1.82, 2.24) is 15.3 Å². The molecule has 2 heterocycles. The van der Waals surface area contributed by atoms with Gasteiger partial charge < -0.3 is 15.0 Å². The Morgan fingerprint density at radius 2 is 2.25 bits per heavy atom. The quantitative estimate of drug-likeness (QED) is 0.865. The van der Waals surface area contributed by atoms with E-state index >= 15 is 0 Å². The number of hydrogen-bond donors (Lipinski definition) is 1. The third-order valence-corrected chi connectivity index (χ3v) is 3.63. The zero-order valence-corrected chi connectivity index (χ0v) is 12.8. The molecule has 5 nitrogen and oxygen atoms in total. The van der Waals surface area contributed by atoms with Crippen molar-refractivity contribution in [1.29, 1.82) is 0 Å². The SMILES string of the molecule is CNCCC1CCCCN1c1cc(OC(C)C)ncn1. The summed E-state index contributed by atoms with van der Waals surface area (Å²) in [5.74, 6) is 1.67. The van der Waals surface area contributed by atoms with Gasteiger partial charge in [-0.2, -0.15) is 0 Å². The average Bonchev–Trinajstić information content (AvgIpc) is 2.45. The van der Waals surface area contributed by atoms with Gasteiger partial charge in [-0.1, -0.05) is 0 Å². The Hall–Kier alpha value is -1.36. The molecule has 0 radical (unpaired) electrons. The van der Waals surface area contributed by atoms with Crippen molar-refractivity contribution in [2.45, 2.75) is 51.7 Å². The van der Waals surface area contributed by atoms with Crippen molar-refractivity contribution in [2.75, 3.05) is 25.0 Å². The summed E-state index contributed by atoms with van der Waals surface area (Å²) in [7, 11) is 2.01. The maximum Gasteiger partial charge on any atom is 0.218 e. The van der Waals surface area contributed by atoms with Gasteiger partial charge in [-0.05, 0) is 53.1 Å². The van der Waals surface area contributed by atoms with E-state index in [1.165, 1.54) is 19.3 Å². The Bertz CT molecular complexity index is 411. The van der Waals surface area contributed by atoms with Gasteiger partial charge in [0.25, 0.3) is 0 Å². The summed E-state index contributed by atoms with van der Waals surface area (Å²) in [5, 5.41) is 3.24. The van der Waals surface area contributed by atoms with E-state index in [2.05, 4.69) is 20.2 Å². The normalized spacial score (nSPS) is 19.4. The topological polar surface area (TPSA) is 50.3 Å². The van der Waals surface area contributed by atoms with Crippen LogP contribution < -0.4 is 15.0 Å². The molecule has 1 aliphatic heterocycles. The minimum absolute atomic E-state index is 0.138. The Morgan fingerprint density at radius 3 is 3.00 bits per heavy atom. The summed E-state index contributed by atoms with van der Waals surface area (Å²) < 4.78 is 5.67. The van der Waals surface area contributed by atoms with E-state index in [1.54, 1.807) is 6.33 Å². The predicted octanol–water partition coefficient (Wildman–Crippen LogP) is 2.23. The number of aromatic nitrogens is 2. The van der Waals surface area contributed by atoms with Crippen LogP contribution in [-0.2, 0) is 0 Å². The second kappa shape index (κ2) is 7.43. The minimum atomic E-state index is 0.138. The lowest BCUT2D eigenvalue weighted by Gasteiger charge is -2.36. The Balaban J connectivity index is 2.10. The van der Waals surface area contributed by atoms with Crippen molar-refractivity contribution < 1.29 is 4.74 Å². The van der Waals surface area contributed by atoms with E-state index in [4.69, 9.17) is 4.74 Å². The van der Waals surface area contributed by atoms with Gasteiger partial charge in [0.2, 0.25) is 5.88 Å². The molecule has 1 fully saturated rings. The van der Waals surface area contributed by atoms with Crippen molar-refractivity contribution in [3.63, 3.8) is 0 Å². The van der Waals surface area contributed by atoms with E-state index in [0.717, 1.165) is 25.3 Å². The van der Waals surface area contributed by atoms with Crippen LogP contribution in [0.4, 0.5) is 5.82 Å². The van der Waals surface area contributed by atoms with Crippen molar-refractivity contribution in [3.8, 4) is 5.88 Å². The van der Waals surface area contributed by atoms with Crippen molar-refractivity contribution >= 4 is 5.82 Å². The zero-order valence-electron chi connectivity index (χ0n) is 12.8. The molecule has 0 aliphatic carbocycles. The van der Waals surface area contributed by atoms with Gasteiger partial charge in [0, 0.05) is 18.7 Å². The Morgan fingerprint density at radius 1 is 1.40 bits per heavy atom. The number of nitrogens with one attached hydrogen (secondary N) is 1. The minimum Gasteiger partial charge on any atom is -0.475 e. The Kier molecular flexibility index (Phi) is 5.59. The van der Waals surface area contributed by atoms with Crippen LogP contribution in [0.1, 0.15) is 39.5 Å². The first-order chi connectivity index (χ1) is 9.70. The molecule has 0 aromatic carbocycles. The highest BCUT2D eigenvalue weighted by Gasteiger charge is 2.23. The fourth-order valence-electron chi connectivity index (χ4n) is 2.71. The van der Waals surface area contributed by atoms with Crippen molar-refractivity contribution in [2.24, 2.45) is 0 Å². The lowest BCUT2D eigenvalue weighted by Crippen LogP contribution is -2.41. The maximum absolute atomic E-state index is 5.67. The van der Waals surface area contributed by atoms with Gasteiger partial charge in [-0.15, -0.1) is 0 Å². The first-order valence-electron chi connectivity index (χ1n) is 7.60. The highest BCUT2D eigenvalue weighted by Crippen LogP contribution is 2.26.